The average molecular weight is 229 g/mol. The maximum Gasteiger partial charge on any atom is 0.0960 e. The summed E-state index contributed by atoms with van der Waals surface area (Å²) >= 11 is 2.05. The lowest BCUT2D eigenvalue weighted by Gasteiger charge is -2.44. The van der Waals surface area contributed by atoms with E-state index in [1.165, 1.54) is 5.75 Å². The van der Waals surface area contributed by atoms with Crippen molar-refractivity contribution in [3.8, 4) is 0 Å². The Bertz CT molecular complexity index is 254. The predicted octanol–water partition coefficient (Wildman–Crippen LogP) is 2.63. The van der Waals surface area contributed by atoms with E-state index in [0.717, 1.165) is 18.9 Å². The number of rotatable bonds is 0. The molecule has 2 unspecified atom stereocenters. The topological polar surface area (TPSA) is 21.3 Å². The fraction of sp³-hybridized carbons (Fsp3) is 1.00. The van der Waals surface area contributed by atoms with Gasteiger partial charge in [0.05, 0.1) is 16.1 Å². The number of hydrogen-bond acceptors (Lipinski definition) is 3. The van der Waals surface area contributed by atoms with Crippen LogP contribution in [-0.2, 0) is 4.74 Å². The van der Waals surface area contributed by atoms with Gasteiger partial charge in [-0.15, -0.1) is 11.8 Å². The first kappa shape index (κ1) is 11.7. The van der Waals surface area contributed by atoms with Crippen LogP contribution < -0.4 is 5.32 Å². The van der Waals surface area contributed by atoms with Crippen molar-refractivity contribution in [3.05, 3.63) is 0 Å². The lowest BCUT2D eigenvalue weighted by atomic mass is 9.92. The third-order valence-corrected chi connectivity index (χ3v) is 5.54. The Labute approximate surface area is 97.5 Å². The molecule has 0 saturated carbocycles. The molecule has 3 heteroatoms. The average Bonchev–Trinajstić information content (AvgIpc) is 2.23. The van der Waals surface area contributed by atoms with Crippen molar-refractivity contribution in [2.75, 3.05) is 12.3 Å². The Morgan fingerprint density at radius 2 is 1.93 bits per heavy atom. The van der Waals surface area contributed by atoms with E-state index >= 15 is 0 Å². The van der Waals surface area contributed by atoms with Crippen molar-refractivity contribution in [2.45, 2.75) is 57.1 Å². The minimum Gasteiger partial charge on any atom is -0.367 e. The molecule has 0 aliphatic carbocycles. The third kappa shape index (κ3) is 1.94. The molecule has 2 aliphatic rings. The standard InChI is InChI=1S/C12H23NOS/c1-9-6-13-12(15-7-9)8-10(2,3)14-11(12,4)5/h9,13H,6-8H2,1-5H3. The molecule has 1 N–H and O–H groups in total. The van der Waals surface area contributed by atoms with Crippen LogP contribution >= 0.6 is 11.8 Å². The van der Waals surface area contributed by atoms with Gasteiger partial charge in [-0.1, -0.05) is 6.92 Å². The van der Waals surface area contributed by atoms with Crippen LogP contribution in [0.25, 0.3) is 0 Å². The van der Waals surface area contributed by atoms with Gasteiger partial charge in [0.2, 0.25) is 0 Å². The molecule has 2 rings (SSSR count). The van der Waals surface area contributed by atoms with Crippen molar-refractivity contribution < 1.29 is 4.74 Å². The molecule has 0 radical (unpaired) electrons. The Kier molecular flexibility index (Phi) is 2.65. The van der Waals surface area contributed by atoms with Crippen molar-refractivity contribution >= 4 is 11.8 Å². The van der Waals surface area contributed by atoms with Crippen LogP contribution in [0.5, 0.6) is 0 Å². The Balaban J connectivity index is 2.21. The van der Waals surface area contributed by atoms with E-state index < -0.39 is 0 Å². The molecule has 88 valence electrons. The first-order valence-electron chi connectivity index (χ1n) is 5.86. The molecule has 2 aliphatic heterocycles. The maximum atomic E-state index is 6.18. The number of thioether (sulfide) groups is 1. The Morgan fingerprint density at radius 3 is 2.33 bits per heavy atom. The minimum absolute atomic E-state index is 0.00405. The third-order valence-electron chi connectivity index (χ3n) is 3.53. The molecule has 2 atom stereocenters. The lowest BCUT2D eigenvalue weighted by molar-refractivity contribution is -0.0734. The van der Waals surface area contributed by atoms with E-state index in [1.54, 1.807) is 0 Å². The van der Waals surface area contributed by atoms with Crippen LogP contribution in [0.3, 0.4) is 0 Å². The summed E-state index contributed by atoms with van der Waals surface area (Å²) in [6, 6.07) is 0. The summed E-state index contributed by atoms with van der Waals surface area (Å²) in [6.45, 7) is 12.3. The summed E-state index contributed by atoms with van der Waals surface area (Å²) in [5.41, 5.74) is -0.0641. The second-order valence-electron chi connectivity index (χ2n) is 6.17. The molecule has 0 bridgehead atoms. The molecular weight excluding hydrogens is 206 g/mol. The first-order valence-corrected chi connectivity index (χ1v) is 6.84. The van der Waals surface area contributed by atoms with E-state index in [4.69, 9.17) is 4.74 Å². The molecular formula is C12H23NOS. The van der Waals surface area contributed by atoms with Crippen LogP contribution in [0.1, 0.15) is 41.0 Å². The quantitative estimate of drug-likeness (QED) is 0.690. The van der Waals surface area contributed by atoms with Gasteiger partial charge in [-0.05, 0) is 45.9 Å². The molecule has 15 heavy (non-hydrogen) atoms. The predicted molar refractivity (Wildman–Crippen MR) is 66.2 cm³/mol. The van der Waals surface area contributed by atoms with E-state index in [1.807, 2.05) is 0 Å². The smallest absolute Gasteiger partial charge is 0.0960 e. The van der Waals surface area contributed by atoms with E-state index in [0.29, 0.717) is 0 Å². The molecule has 2 nitrogen and oxygen atoms in total. The zero-order valence-corrected chi connectivity index (χ0v) is 11.3. The molecule has 1 spiro atoms. The second-order valence-corrected chi connectivity index (χ2v) is 7.49. The molecule has 2 heterocycles. The summed E-state index contributed by atoms with van der Waals surface area (Å²) in [4.78, 5) is 0.128. The van der Waals surface area contributed by atoms with Gasteiger partial charge in [-0.2, -0.15) is 0 Å². The Morgan fingerprint density at radius 1 is 1.27 bits per heavy atom. The van der Waals surface area contributed by atoms with Gasteiger partial charge in [0, 0.05) is 6.42 Å². The zero-order chi connectivity index (χ0) is 11.3. The SMILES string of the molecule is CC1CNC2(CC(C)(C)OC2(C)C)SC1. The highest BCUT2D eigenvalue weighted by molar-refractivity contribution is 8.00. The first-order chi connectivity index (χ1) is 6.77. The van der Waals surface area contributed by atoms with Gasteiger partial charge in [0.1, 0.15) is 0 Å². The fourth-order valence-electron chi connectivity index (χ4n) is 2.86. The number of nitrogens with one attached hydrogen (secondary N) is 1. The maximum absolute atomic E-state index is 6.18. The zero-order valence-electron chi connectivity index (χ0n) is 10.5. The van der Waals surface area contributed by atoms with Gasteiger partial charge in [0.15, 0.2) is 0 Å². The highest BCUT2D eigenvalue weighted by Crippen LogP contribution is 2.52. The van der Waals surface area contributed by atoms with Crippen molar-refractivity contribution in [3.63, 3.8) is 0 Å². The number of hydrogen-bond donors (Lipinski definition) is 1. The van der Waals surface area contributed by atoms with Gasteiger partial charge in [-0.25, -0.2) is 0 Å². The molecule has 2 fully saturated rings. The minimum atomic E-state index is -0.0681. The van der Waals surface area contributed by atoms with Crippen molar-refractivity contribution in [2.24, 2.45) is 5.92 Å². The van der Waals surface area contributed by atoms with Crippen molar-refractivity contribution in [1.82, 2.24) is 5.32 Å². The normalized spacial score (nSPS) is 43.4. The van der Waals surface area contributed by atoms with Crippen LogP contribution in [0.2, 0.25) is 0 Å². The molecule has 0 aromatic heterocycles. The monoisotopic (exact) mass is 229 g/mol. The molecule has 2 saturated heterocycles. The van der Waals surface area contributed by atoms with Crippen LogP contribution in [0, 0.1) is 5.92 Å². The van der Waals surface area contributed by atoms with E-state index in [2.05, 4.69) is 51.7 Å². The highest BCUT2D eigenvalue weighted by atomic mass is 32.2. The summed E-state index contributed by atoms with van der Waals surface area (Å²) in [5.74, 6) is 2.02. The van der Waals surface area contributed by atoms with Crippen LogP contribution in [0.4, 0.5) is 0 Å². The van der Waals surface area contributed by atoms with Crippen molar-refractivity contribution in [1.29, 1.82) is 0 Å². The largest absolute Gasteiger partial charge is 0.367 e. The van der Waals surface area contributed by atoms with Crippen LogP contribution in [0.15, 0.2) is 0 Å². The Hall–Kier alpha value is 0.270. The summed E-state index contributed by atoms with van der Waals surface area (Å²) in [7, 11) is 0. The lowest BCUT2D eigenvalue weighted by Crippen LogP contribution is -2.58. The van der Waals surface area contributed by atoms with Crippen LogP contribution in [-0.4, -0.2) is 28.4 Å². The van der Waals surface area contributed by atoms with Gasteiger partial charge < -0.3 is 10.1 Å². The van der Waals surface area contributed by atoms with Gasteiger partial charge in [-0.3, -0.25) is 0 Å². The molecule has 0 aromatic rings. The summed E-state index contributed by atoms with van der Waals surface area (Å²) in [6.07, 6.45) is 1.10. The van der Waals surface area contributed by atoms with E-state index in [-0.39, 0.29) is 16.1 Å². The fourth-order valence-corrected chi connectivity index (χ4v) is 4.57. The highest BCUT2D eigenvalue weighted by Gasteiger charge is 2.58. The molecule has 0 amide bonds. The van der Waals surface area contributed by atoms with Gasteiger partial charge >= 0.3 is 0 Å². The molecule has 0 aromatic carbocycles. The second kappa shape index (κ2) is 3.38. The van der Waals surface area contributed by atoms with E-state index in [9.17, 15) is 0 Å². The number of ether oxygens (including phenoxy) is 1. The summed E-state index contributed by atoms with van der Waals surface area (Å²) < 4.78 is 6.18. The van der Waals surface area contributed by atoms with Gasteiger partial charge in [0.25, 0.3) is 0 Å². The summed E-state index contributed by atoms with van der Waals surface area (Å²) in [5, 5.41) is 3.73.